The van der Waals surface area contributed by atoms with Crippen LogP contribution in [0, 0.1) is 0 Å². The largest absolute Gasteiger partial charge is 0.470 e. The lowest BCUT2D eigenvalue weighted by Crippen LogP contribution is -2.68. The van der Waals surface area contributed by atoms with E-state index in [-0.39, 0.29) is 25.7 Å². The molecule has 2 aliphatic rings. The molecule has 5 unspecified atom stereocenters. The van der Waals surface area contributed by atoms with Crippen molar-refractivity contribution in [2.75, 3.05) is 13.2 Å². The molecule has 2 heterocycles. The van der Waals surface area contributed by atoms with Gasteiger partial charge >= 0.3 is 31.7 Å². The molecule has 0 spiro atoms. The molecule has 0 aromatic heterocycles. The number of hydrogen-bond donors (Lipinski definition) is 9. The van der Waals surface area contributed by atoms with Gasteiger partial charge in [-0.3, -0.25) is 33.3 Å². The number of amides is 2. The van der Waals surface area contributed by atoms with E-state index in [1.165, 1.54) is 244 Å². The summed E-state index contributed by atoms with van der Waals surface area (Å²) in [5.74, 6) is -4.52. The number of ether oxygens (including phenoxy) is 7. The fraction of sp³-hybridized carbons (Fsp3) is 0.944. The highest BCUT2D eigenvalue weighted by Crippen LogP contribution is 2.43. The third kappa shape index (κ3) is 70.8. The van der Waals surface area contributed by atoms with Crippen molar-refractivity contribution in [2.45, 2.75) is 641 Å². The predicted molar refractivity (Wildman–Crippen MR) is 534 cm³/mol. The van der Waals surface area contributed by atoms with Gasteiger partial charge in [0.1, 0.15) is 48.7 Å². The summed E-state index contributed by atoms with van der Waals surface area (Å²) in [6.07, 6.45) is 56.6. The van der Waals surface area contributed by atoms with Gasteiger partial charge in [0.25, 0.3) is 0 Å². The molecule has 0 radical (unpaired) electrons. The summed E-state index contributed by atoms with van der Waals surface area (Å²) in [6, 6.07) is -3.47. The van der Waals surface area contributed by atoms with Crippen LogP contribution in [0.2, 0.25) is 0 Å². The van der Waals surface area contributed by atoms with Crippen molar-refractivity contribution in [2.24, 2.45) is 0 Å². The van der Waals surface area contributed by atoms with E-state index in [0.717, 1.165) is 167 Å². The SMILES string of the molecule is CCCCCCCCCCCCCCCC(=O)O[C@H](CCCCCCCCCCCCC)CC(=O)NC1[C@H](OCC2OC(O)C(NC(=O)C[C@H](O)CCCCCCCCCCCCC)[C@@H](OC(=O)C[C@H](O)CCCCCCCCCCCCC)[C@@H]2O)OC(CO)[C@@H](OP(=O)(O)O)[C@@H]1OC(=O)C[C@@H](CCCCCCCCCCCCC)OC(=O)CCCCCCCCCCCCCCC. The molecule has 0 aliphatic carbocycles. The van der Waals surface area contributed by atoms with Gasteiger partial charge in [-0.05, 0) is 51.4 Å². The van der Waals surface area contributed by atoms with Crippen molar-refractivity contribution < 1.29 is 106 Å². The Morgan fingerprint density at radius 2 is 0.594 bits per heavy atom. The number of carbonyl (C=O) groups is 6. The average Bonchev–Trinajstić information content (AvgIpc) is 0.777. The molecule has 2 rings (SSSR count). The highest BCUT2D eigenvalue weighted by atomic mass is 31.2. The Labute approximate surface area is 810 Å². The topological polar surface area (TPSA) is 359 Å². The summed E-state index contributed by atoms with van der Waals surface area (Å²) < 4.78 is 62.4. The predicted octanol–water partition coefficient (Wildman–Crippen LogP) is 25.9. The van der Waals surface area contributed by atoms with Crippen molar-refractivity contribution in [3.63, 3.8) is 0 Å². The number of carbonyl (C=O) groups excluding carboxylic acids is 6. The zero-order chi connectivity index (χ0) is 97.1. The molecule has 9 N–H and O–H groups in total. The molecule has 784 valence electrons. The zero-order valence-corrected chi connectivity index (χ0v) is 86.7. The summed E-state index contributed by atoms with van der Waals surface area (Å²) >= 11 is 0. The number of rotatable bonds is 96. The molecule has 2 amide bonds. The molecule has 0 aromatic carbocycles. The van der Waals surface area contributed by atoms with E-state index in [4.69, 9.17) is 37.7 Å². The first-order valence-corrected chi connectivity index (χ1v) is 57.5. The summed E-state index contributed by atoms with van der Waals surface area (Å²) in [5.41, 5.74) is 0. The smallest absolute Gasteiger partial charge is 0.462 e. The van der Waals surface area contributed by atoms with E-state index in [2.05, 4.69) is 52.2 Å². The number of nitrogens with one attached hydrogen (secondary N) is 2. The molecular weight excluding hydrogens is 1710 g/mol. The highest BCUT2D eigenvalue weighted by Gasteiger charge is 2.54. The monoisotopic (exact) mass is 1910 g/mol. The second kappa shape index (κ2) is 87.6. The van der Waals surface area contributed by atoms with Gasteiger partial charge in [0.05, 0.1) is 51.1 Å². The minimum atomic E-state index is -5.63. The Kier molecular flexibility index (Phi) is 82.8. The lowest BCUT2D eigenvalue weighted by molar-refractivity contribution is -0.298. The first-order valence-electron chi connectivity index (χ1n) is 56.0. The minimum Gasteiger partial charge on any atom is -0.462 e. The molecule has 24 nitrogen and oxygen atoms in total. The van der Waals surface area contributed by atoms with Gasteiger partial charge in [-0.2, -0.15) is 0 Å². The van der Waals surface area contributed by atoms with Crippen LogP contribution in [0.1, 0.15) is 555 Å². The molecular formula is C108H205N2O22P. The average molecular weight is 1910 g/mol. The van der Waals surface area contributed by atoms with E-state index >= 15 is 9.59 Å². The van der Waals surface area contributed by atoms with Crippen LogP contribution in [0.4, 0.5) is 0 Å². The van der Waals surface area contributed by atoms with Crippen molar-refractivity contribution in [1.29, 1.82) is 0 Å². The minimum absolute atomic E-state index is 0.112. The van der Waals surface area contributed by atoms with Gasteiger partial charge in [-0.25, -0.2) is 4.57 Å². The van der Waals surface area contributed by atoms with Crippen molar-refractivity contribution in [3.05, 3.63) is 0 Å². The quantitative estimate of drug-likeness (QED) is 0.0118. The molecule has 0 saturated carbocycles. The van der Waals surface area contributed by atoms with Crippen LogP contribution in [0.25, 0.3) is 0 Å². The van der Waals surface area contributed by atoms with Crippen LogP contribution in [-0.2, 0) is 71.0 Å². The lowest BCUT2D eigenvalue weighted by atomic mass is 9.95. The molecule has 133 heavy (non-hydrogen) atoms. The normalized spacial score (nSPS) is 19.6. The summed E-state index contributed by atoms with van der Waals surface area (Å²) in [6.45, 7) is 11.4. The molecule has 2 saturated heterocycles. The van der Waals surface area contributed by atoms with Crippen molar-refractivity contribution >= 4 is 43.5 Å². The van der Waals surface area contributed by atoms with Gasteiger partial charge in [0.15, 0.2) is 24.8 Å². The molecule has 0 aromatic rings. The van der Waals surface area contributed by atoms with Crippen LogP contribution in [0.5, 0.6) is 0 Å². The van der Waals surface area contributed by atoms with Crippen molar-refractivity contribution in [1.82, 2.24) is 10.6 Å². The Morgan fingerprint density at radius 3 is 0.925 bits per heavy atom. The van der Waals surface area contributed by atoms with E-state index in [1.807, 2.05) is 0 Å². The summed E-state index contributed by atoms with van der Waals surface area (Å²) in [4.78, 5) is 108. The molecule has 25 heteroatoms. The van der Waals surface area contributed by atoms with E-state index in [0.29, 0.717) is 51.4 Å². The van der Waals surface area contributed by atoms with Gasteiger partial charge in [-0.1, -0.05) is 465 Å². The standard InChI is InChI=1S/C108H205N2O22P/c1-7-13-19-25-31-37-43-45-51-57-63-69-75-81-97(116)126-91(79-73-67-61-55-49-41-35-29-23-17-11-5)85-96(115)110-102-106(131-100(119)86-92(80-74-68-62-56-50-42-36-30-24-18-12-6)127-98(117)82-76-70-64-58-52-46-44-38-32-26-20-14-8-2)104(132-133(122,123)124)93(87-111)129-108(102)125-88-94-103(120)105(130-99(118)84-90(113)78-72-66-60-54-48-40-34-28-22-16-10-4)101(107(121)128-94)109-95(114)83-89(112)77-71-65-59-53-47-39-33-27-21-15-9-3/h89-94,101-108,111-113,120-121H,7-88H2,1-6H3,(H,109,114)(H,110,115)(H2,122,123,124)/t89-,90-,91-,92-,93?,94?,101?,102?,103-,104-,105-,106-,107?,108-/m1/s1. The van der Waals surface area contributed by atoms with E-state index < -0.39 is 168 Å². The summed E-state index contributed by atoms with van der Waals surface area (Å²) in [5, 5.41) is 63.8. The number of esters is 4. The van der Waals surface area contributed by atoms with Crippen LogP contribution >= 0.6 is 7.82 Å². The fourth-order valence-corrected chi connectivity index (χ4v) is 19.4. The molecule has 14 atom stereocenters. The van der Waals surface area contributed by atoms with Crippen molar-refractivity contribution in [3.8, 4) is 0 Å². The second-order valence-corrected chi connectivity index (χ2v) is 41.1. The fourth-order valence-electron chi connectivity index (χ4n) is 18.8. The van der Waals surface area contributed by atoms with Gasteiger partial charge in [0, 0.05) is 12.8 Å². The third-order valence-corrected chi connectivity index (χ3v) is 27.6. The maximum absolute atomic E-state index is 15.3. The number of aliphatic hydroxyl groups excluding tert-OH is 5. The molecule has 2 aliphatic heterocycles. The highest BCUT2D eigenvalue weighted by molar-refractivity contribution is 7.46. The van der Waals surface area contributed by atoms with Crippen LogP contribution in [0.3, 0.4) is 0 Å². The number of phosphoric acid groups is 1. The Hall–Kier alpha value is -3.39. The van der Waals surface area contributed by atoms with Gasteiger partial charge < -0.3 is 79.1 Å². The Bertz CT molecular complexity index is 2770. The first-order chi connectivity index (χ1) is 64.6. The number of aliphatic hydroxyl groups is 5. The third-order valence-electron chi connectivity index (χ3n) is 27.1. The lowest BCUT2D eigenvalue weighted by Gasteiger charge is -2.46. The van der Waals surface area contributed by atoms with Crippen LogP contribution < -0.4 is 10.6 Å². The molecule has 0 bridgehead atoms. The maximum atomic E-state index is 15.3. The maximum Gasteiger partial charge on any atom is 0.470 e. The second-order valence-electron chi connectivity index (χ2n) is 39.9. The van der Waals surface area contributed by atoms with Gasteiger partial charge in [-0.15, -0.1) is 0 Å². The van der Waals surface area contributed by atoms with Gasteiger partial charge in [0.2, 0.25) is 11.8 Å². The summed E-state index contributed by atoms with van der Waals surface area (Å²) in [7, 11) is -5.63. The number of phosphoric ester groups is 1. The van der Waals surface area contributed by atoms with E-state index in [1.54, 1.807) is 0 Å². The number of unbranched alkanes of at least 4 members (excludes halogenated alkanes) is 64. The van der Waals surface area contributed by atoms with Crippen LogP contribution in [-0.4, -0.2) is 170 Å². The first kappa shape index (κ1) is 126. The van der Waals surface area contributed by atoms with Crippen LogP contribution in [0.15, 0.2) is 0 Å². The van der Waals surface area contributed by atoms with E-state index in [9.17, 15) is 59.1 Å². The Morgan fingerprint density at radius 1 is 0.316 bits per heavy atom. The Balaban J connectivity index is 2.73. The zero-order valence-electron chi connectivity index (χ0n) is 85.8. The molecule has 2 fully saturated rings. The number of hydrogen-bond acceptors (Lipinski definition) is 20.